The third kappa shape index (κ3) is 4.87. The van der Waals surface area contributed by atoms with Crippen molar-refractivity contribution in [1.82, 2.24) is 9.80 Å². The minimum atomic E-state index is -0.517. The molecule has 2 aliphatic rings. The smallest absolute Gasteiger partial charge is 0.410 e. The molecule has 6 heteroatoms. The van der Waals surface area contributed by atoms with Gasteiger partial charge >= 0.3 is 6.09 Å². The molecule has 1 fully saturated rings. The summed E-state index contributed by atoms with van der Waals surface area (Å²) >= 11 is 0. The molecule has 2 heterocycles. The van der Waals surface area contributed by atoms with Crippen LogP contribution >= 0.6 is 0 Å². The number of likely N-dealkylation sites (tertiary alicyclic amines) is 1. The molecule has 1 aromatic carbocycles. The number of halogens is 1. The molecule has 5 nitrogen and oxygen atoms in total. The van der Waals surface area contributed by atoms with Crippen LogP contribution < -0.4 is 0 Å². The molecule has 3 rings (SSSR count). The number of carbonyl (C=O) groups is 2. The summed E-state index contributed by atoms with van der Waals surface area (Å²) in [6, 6.07) is 5.19. The number of amides is 2. The van der Waals surface area contributed by atoms with Crippen LogP contribution in [0.25, 0.3) is 5.57 Å². The summed E-state index contributed by atoms with van der Waals surface area (Å²) in [6.45, 7) is 7.56. The molecule has 2 aliphatic heterocycles. The Kier molecular flexibility index (Phi) is 5.53. The minimum Gasteiger partial charge on any atom is -0.444 e. The highest BCUT2D eigenvalue weighted by Gasteiger charge is 2.25. The van der Waals surface area contributed by atoms with Crippen molar-refractivity contribution >= 4 is 17.6 Å². The third-order valence-corrected chi connectivity index (χ3v) is 4.82. The molecule has 1 aromatic rings. The zero-order chi connectivity index (χ0) is 19.6. The lowest BCUT2D eigenvalue weighted by Crippen LogP contribution is -2.39. The van der Waals surface area contributed by atoms with E-state index in [0.29, 0.717) is 44.6 Å². The Morgan fingerprint density at radius 3 is 2.56 bits per heavy atom. The first-order chi connectivity index (χ1) is 12.7. The van der Waals surface area contributed by atoms with Gasteiger partial charge < -0.3 is 14.5 Å². The van der Waals surface area contributed by atoms with Gasteiger partial charge in [-0.3, -0.25) is 4.79 Å². The molecular formula is C21H27FN2O3. The fraction of sp³-hybridized carbons (Fsp3) is 0.524. The molecular weight excluding hydrogens is 347 g/mol. The fourth-order valence-corrected chi connectivity index (χ4v) is 3.38. The first kappa shape index (κ1) is 19.4. The van der Waals surface area contributed by atoms with Crippen molar-refractivity contribution in [3.8, 4) is 0 Å². The van der Waals surface area contributed by atoms with E-state index < -0.39 is 5.60 Å². The summed E-state index contributed by atoms with van der Waals surface area (Å²) < 4.78 is 19.9. The maximum Gasteiger partial charge on any atom is 0.410 e. The average molecular weight is 374 g/mol. The molecule has 0 atom stereocenters. The highest BCUT2D eigenvalue weighted by atomic mass is 19.1. The van der Waals surface area contributed by atoms with Gasteiger partial charge in [0.25, 0.3) is 0 Å². The van der Waals surface area contributed by atoms with Crippen LogP contribution in [0.15, 0.2) is 24.3 Å². The maximum atomic E-state index is 14.5. The van der Waals surface area contributed by atoms with Gasteiger partial charge in [0.15, 0.2) is 0 Å². The SMILES string of the molecule is CC(C)(C)OC(=O)N1CC=C(c2ccc(CN3CCCC3=O)c(F)c2)CC1. The molecule has 0 spiro atoms. The van der Waals surface area contributed by atoms with E-state index in [9.17, 15) is 14.0 Å². The lowest BCUT2D eigenvalue weighted by molar-refractivity contribution is -0.128. The summed E-state index contributed by atoms with van der Waals surface area (Å²) in [5.74, 6) is -0.196. The highest BCUT2D eigenvalue weighted by Crippen LogP contribution is 2.26. The maximum absolute atomic E-state index is 14.5. The van der Waals surface area contributed by atoms with Crippen LogP contribution in [0, 0.1) is 5.82 Å². The topological polar surface area (TPSA) is 49.9 Å². The number of benzene rings is 1. The molecule has 0 aromatic heterocycles. The molecule has 0 N–H and O–H groups in total. The molecule has 2 amide bonds. The van der Waals surface area contributed by atoms with E-state index in [1.54, 1.807) is 15.9 Å². The Bertz CT molecular complexity index is 767. The molecule has 146 valence electrons. The van der Waals surface area contributed by atoms with Gasteiger partial charge in [0.2, 0.25) is 5.91 Å². The van der Waals surface area contributed by atoms with E-state index in [0.717, 1.165) is 17.6 Å². The van der Waals surface area contributed by atoms with Gasteiger partial charge in [0.1, 0.15) is 11.4 Å². The molecule has 0 unspecified atom stereocenters. The number of carbonyl (C=O) groups excluding carboxylic acids is 2. The predicted molar refractivity (Wildman–Crippen MR) is 101 cm³/mol. The van der Waals surface area contributed by atoms with E-state index in [-0.39, 0.29) is 17.8 Å². The number of ether oxygens (including phenoxy) is 1. The van der Waals surface area contributed by atoms with Gasteiger partial charge in [-0.1, -0.05) is 18.2 Å². The summed E-state index contributed by atoms with van der Waals surface area (Å²) in [7, 11) is 0. The quantitative estimate of drug-likeness (QED) is 0.804. The summed E-state index contributed by atoms with van der Waals surface area (Å²) in [4.78, 5) is 27.2. The van der Waals surface area contributed by atoms with E-state index in [1.807, 2.05) is 32.9 Å². The lowest BCUT2D eigenvalue weighted by Gasteiger charge is -2.29. The Balaban J connectivity index is 1.64. The fourth-order valence-electron chi connectivity index (χ4n) is 3.38. The highest BCUT2D eigenvalue weighted by molar-refractivity contribution is 5.78. The number of nitrogens with zero attached hydrogens (tertiary/aromatic N) is 2. The second-order valence-electron chi connectivity index (χ2n) is 8.13. The largest absolute Gasteiger partial charge is 0.444 e. The normalized spacial score (nSPS) is 17.9. The Morgan fingerprint density at radius 2 is 2.00 bits per heavy atom. The molecule has 0 saturated carbocycles. The van der Waals surface area contributed by atoms with Gasteiger partial charge in [0, 0.05) is 38.2 Å². The second-order valence-corrected chi connectivity index (χ2v) is 8.13. The van der Waals surface area contributed by atoms with Crippen LogP contribution in [0.2, 0.25) is 0 Å². The Morgan fingerprint density at radius 1 is 1.22 bits per heavy atom. The summed E-state index contributed by atoms with van der Waals surface area (Å²) in [6.07, 6.45) is 3.68. The zero-order valence-corrected chi connectivity index (χ0v) is 16.3. The molecule has 0 aliphatic carbocycles. The minimum absolute atomic E-state index is 0.0932. The molecule has 1 saturated heterocycles. The van der Waals surface area contributed by atoms with Crippen LogP contribution in [0.1, 0.15) is 51.2 Å². The first-order valence-electron chi connectivity index (χ1n) is 9.46. The second kappa shape index (κ2) is 7.71. The van der Waals surface area contributed by atoms with Crippen LogP contribution in [0.4, 0.5) is 9.18 Å². The number of hydrogen-bond donors (Lipinski definition) is 0. The van der Waals surface area contributed by atoms with Crippen LogP contribution in [-0.2, 0) is 16.1 Å². The third-order valence-electron chi connectivity index (χ3n) is 4.82. The lowest BCUT2D eigenvalue weighted by atomic mass is 9.98. The van der Waals surface area contributed by atoms with Crippen molar-refractivity contribution in [2.75, 3.05) is 19.6 Å². The summed E-state index contributed by atoms with van der Waals surface area (Å²) in [5.41, 5.74) is 1.88. The zero-order valence-electron chi connectivity index (χ0n) is 16.3. The van der Waals surface area contributed by atoms with Gasteiger partial charge in [-0.25, -0.2) is 9.18 Å². The summed E-state index contributed by atoms with van der Waals surface area (Å²) in [5, 5.41) is 0. The monoisotopic (exact) mass is 374 g/mol. The first-order valence-corrected chi connectivity index (χ1v) is 9.46. The molecule has 27 heavy (non-hydrogen) atoms. The van der Waals surface area contributed by atoms with Gasteiger partial charge in [-0.2, -0.15) is 0 Å². The van der Waals surface area contributed by atoms with Gasteiger partial charge in [-0.05, 0) is 50.8 Å². The van der Waals surface area contributed by atoms with Crippen LogP contribution in [-0.4, -0.2) is 47.0 Å². The standard InChI is InChI=1S/C21H27FN2O3/c1-21(2,3)27-20(26)23-11-8-15(9-12-23)16-6-7-17(18(22)13-16)14-24-10-4-5-19(24)25/h6-8,13H,4-5,9-12,14H2,1-3H3. The van der Waals surface area contributed by atoms with Crippen LogP contribution in [0.3, 0.4) is 0 Å². The molecule has 0 radical (unpaired) electrons. The van der Waals surface area contributed by atoms with Gasteiger partial charge in [-0.15, -0.1) is 0 Å². The van der Waals surface area contributed by atoms with Crippen molar-refractivity contribution in [3.05, 3.63) is 41.2 Å². The van der Waals surface area contributed by atoms with Crippen molar-refractivity contribution in [2.24, 2.45) is 0 Å². The van der Waals surface area contributed by atoms with E-state index in [1.165, 1.54) is 6.07 Å². The van der Waals surface area contributed by atoms with Crippen molar-refractivity contribution < 1.29 is 18.7 Å². The van der Waals surface area contributed by atoms with Crippen molar-refractivity contribution in [3.63, 3.8) is 0 Å². The predicted octanol–water partition coefficient (Wildman–Crippen LogP) is 3.97. The Labute approximate surface area is 159 Å². The van der Waals surface area contributed by atoms with Gasteiger partial charge in [0.05, 0.1) is 0 Å². The van der Waals surface area contributed by atoms with Crippen LogP contribution in [0.5, 0.6) is 0 Å². The van der Waals surface area contributed by atoms with E-state index in [4.69, 9.17) is 4.74 Å². The van der Waals surface area contributed by atoms with E-state index >= 15 is 0 Å². The Hall–Kier alpha value is -2.37. The van der Waals surface area contributed by atoms with Crippen molar-refractivity contribution in [2.45, 2.75) is 52.2 Å². The number of rotatable bonds is 3. The molecule has 0 bridgehead atoms. The average Bonchev–Trinajstić information content (AvgIpc) is 3.00. The van der Waals surface area contributed by atoms with E-state index in [2.05, 4.69) is 0 Å². The van der Waals surface area contributed by atoms with Crippen molar-refractivity contribution in [1.29, 1.82) is 0 Å². The number of hydrogen-bond acceptors (Lipinski definition) is 3.